The highest BCUT2D eigenvalue weighted by Gasteiger charge is 2.16. The van der Waals surface area contributed by atoms with Crippen LogP contribution < -0.4 is 0 Å². The Morgan fingerprint density at radius 3 is 2.94 bits per heavy atom. The molecule has 1 aromatic heterocycles. The van der Waals surface area contributed by atoms with Crippen molar-refractivity contribution in [1.82, 2.24) is 10.1 Å². The third kappa shape index (κ3) is 2.87. The first kappa shape index (κ1) is 12.6. The van der Waals surface area contributed by atoms with Gasteiger partial charge in [-0.1, -0.05) is 29.8 Å². The Kier molecular flexibility index (Phi) is 3.94. The molecule has 1 heterocycles. The van der Waals surface area contributed by atoms with Crippen molar-refractivity contribution in [3.8, 4) is 0 Å². The Morgan fingerprint density at radius 1 is 1.44 bits per heavy atom. The molecule has 0 N–H and O–H groups in total. The van der Waals surface area contributed by atoms with Crippen molar-refractivity contribution < 1.29 is 14.1 Å². The van der Waals surface area contributed by atoms with Crippen LogP contribution in [0.15, 0.2) is 28.8 Å². The Labute approximate surface area is 109 Å². The van der Waals surface area contributed by atoms with E-state index in [1.807, 2.05) is 18.2 Å². The maximum absolute atomic E-state index is 11.3. The smallest absolute Gasteiger partial charge is 0.379 e. The number of benzene rings is 1. The standard InChI is InChI=1S/C12H11ClN2O3/c1-2-17-12(16)11-14-10(18-15-11)7-8-5-3-4-6-9(8)13/h3-6H,2,7H2,1H3. The second-order valence-electron chi connectivity index (χ2n) is 3.50. The largest absolute Gasteiger partial charge is 0.460 e. The maximum Gasteiger partial charge on any atom is 0.379 e. The SMILES string of the molecule is CCOC(=O)c1noc(Cc2ccccc2Cl)n1. The Morgan fingerprint density at radius 2 is 2.22 bits per heavy atom. The molecule has 0 amide bonds. The van der Waals surface area contributed by atoms with Crippen LogP contribution in [0, 0.1) is 0 Å². The highest BCUT2D eigenvalue weighted by molar-refractivity contribution is 6.31. The normalized spacial score (nSPS) is 10.3. The van der Waals surface area contributed by atoms with Crippen LogP contribution in [-0.2, 0) is 11.2 Å². The predicted octanol–water partition coefficient (Wildman–Crippen LogP) is 2.49. The summed E-state index contributed by atoms with van der Waals surface area (Å²) in [6.07, 6.45) is 0.381. The molecule has 0 spiro atoms. The molecule has 0 radical (unpaired) electrons. The van der Waals surface area contributed by atoms with Crippen molar-refractivity contribution in [3.63, 3.8) is 0 Å². The van der Waals surface area contributed by atoms with E-state index in [0.29, 0.717) is 17.3 Å². The number of hydrogen-bond donors (Lipinski definition) is 0. The fourth-order valence-electron chi connectivity index (χ4n) is 1.41. The number of carbonyl (C=O) groups is 1. The lowest BCUT2D eigenvalue weighted by Gasteiger charge is -1.98. The molecule has 0 saturated heterocycles. The van der Waals surface area contributed by atoms with Gasteiger partial charge in [0.25, 0.3) is 5.82 Å². The number of carbonyl (C=O) groups excluding carboxylic acids is 1. The fourth-order valence-corrected chi connectivity index (χ4v) is 1.61. The summed E-state index contributed by atoms with van der Waals surface area (Å²) in [5, 5.41) is 4.18. The van der Waals surface area contributed by atoms with Crippen LogP contribution in [0.1, 0.15) is 29.0 Å². The first-order valence-corrected chi connectivity index (χ1v) is 5.81. The monoisotopic (exact) mass is 266 g/mol. The van der Waals surface area contributed by atoms with Gasteiger partial charge in [0.15, 0.2) is 0 Å². The summed E-state index contributed by atoms with van der Waals surface area (Å²) < 4.78 is 9.74. The van der Waals surface area contributed by atoms with E-state index in [-0.39, 0.29) is 12.4 Å². The van der Waals surface area contributed by atoms with Gasteiger partial charge in [-0.15, -0.1) is 0 Å². The van der Waals surface area contributed by atoms with Crippen LogP contribution >= 0.6 is 11.6 Å². The zero-order valence-electron chi connectivity index (χ0n) is 9.72. The van der Waals surface area contributed by atoms with Gasteiger partial charge in [0, 0.05) is 5.02 Å². The molecule has 0 aliphatic heterocycles. The minimum atomic E-state index is -0.591. The molecule has 5 nitrogen and oxygen atoms in total. The lowest BCUT2D eigenvalue weighted by Crippen LogP contribution is -2.06. The van der Waals surface area contributed by atoms with Gasteiger partial charge in [0.05, 0.1) is 13.0 Å². The molecule has 0 bridgehead atoms. The van der Waals surface area contributed by atoms with Gasteiger partial charge in [-0.3, -0.25) is 0 Å². The van der Waals surface area contributed by atoms with Gasteiger partial charge in [0.1, 0.15) is 0 Å². The van der Waals surface area contributed by atoms with E-state index in [1.54, 1.807) is 13.0 Å². The summed E-state index contributed by atoms with van der Waals surface area (Å²) in [6.45, 7) is 1.98. The molecule has 94 valence electrons. The maximum atomic E-state index is 11.3. The Hall–Kier alpha value is -1.88. The summed E-state index contributed by atoms with van der Waals surface area (Å²) in [6, 6.07) is 7.34. The van der Waals surface area contributed by atoms with Gasteiger partial charge < -0.3 is 9.26 Å². The van der Waals surface area contributed by atoms with E-state index in [0.717, 1.165) is 5.56 Å². The van der Waals surface area contributed by atoms with Gasteiger partial charge in [-0.2, -0.15) is 4.98 Å². The number of nitrogens with zero attached hydrogens (tertiary/aromatic N) is 2. The van der Waals surface area contributed by atoms with Gasteiger partial charge >= 0.3 is 5.97 Å². The molecule has 0 saturated carbocycles. The third-order valence-electron chi connectivity index (χ3n) is 2.23. The quantitative estimate of drug-likeness (QED) is 0.796. The molecule has 0 aliphatic carbocycles. The summed E-state index contributed by atoms with van der Waals surface area (Å²) in [4.78, 5) is 15.3. The van der Waals surface area contributed by atoms with E-state index < -0.39 is 5.97 Å². The molecule has 0 fully saturated rings. The van der Waals surface area contributed by atoms with Crippen LogP contribution in [0.5, 0.6) is 0 Å². The summed E-state index contributed by atoms with van der Waals surface area (Å²) in [5.41, 5.74) is 0.859. The summed E-state index contributed by atoms with van der Waals surface area (Å²) in [5.74, 6) is -0.336. The molecule has 1 aromatic carbocycles. The second kappa shape index (κ2) is 5.64. The van der Waals surface area contributed by atoms with Crippen LogP contribution in [0.2, 0.25) is 5.02 Å². The minimum Gasteiger partial charge on any atom is -0.460 e. The van der Waals surface area contributed by atoms with Crippen molar-refractivity contribution in [3.05, 3.63) is 46.6 Å². The van der Waals surface area contributed by atoms with E-state index in [4.69, 9.17) is 20.9 Å². The van der Waals surface area contributed by atoms with Gasteiger partial charge in [-0.05, 0) is 23.7 Å². The van der Waals surface area contributed by atoms with Gasteiger partial charge in [0.2, 0.25) is 5.89 Å². The summed E-state index contributed by atoms with van der Waals surface area (Å²) in [7, 11) is 0. The molecule has 2 rings (SSSR count). The minimum absolute atomic E-state index is 0.0705. The third-order valence-corrected chi connectivity index (χ3v) is 2.59. The van der Waals surface area contributed by atoms with Gasteiger partial charge in [-0.25, -0.2) is 4.79 Å². The molecule has 0 aliphatic rings. The molecular weight excluding hydrogens is 256 g/mol. The van der Waals surface area contributed by atoms with Crippen molar-refractivity contribution in [1.29, 1.82) is 0 Å². The highest BCUT2D eigenvalue weighted by atomic mass is 35.5. The number of halogens is 1. The zero-order chi connectivity index (χ0) is 13.0. The fraction of sp³-hybridized carbons (Fsp3) is 0.250. The first-order chi connectivity index (χ1) is 8.70. The van der Waals surface area contributed by atoms with E-state index >= 15 is 0 Å². The molecular formula is C12H11ClN2O3. The number of hydrogen-bond acceptors (Lipinski definition) is 5. The number of ether oxygens (including phenoxy) is 1. The zero-order valence-corrected chi connectivity index (χ0v) is 10.5. The topological polar surface area (TPSA) is 65.2 Å². The predicted molar refractivity (Wildman–Crippen MR) is 64.5 cm³/mol. The molecule has 2 aromatic rings. The Bertz CT molecular complexity index is 554. The average Bonchev–Trinajstić information content (AvgIpc) is 2.81. The first-order valence-electron chi connectivity index (χ1n) is 5.43. The average molecular weight is 267 g/mol. The molecule has 0 atom stereocenters. The molecule has 18 heavy (non-hydrogen) atoms. The van der Waals surface area contributed by atoms with Crippen molar-refractivity contribution >= 4 is 17.6 Å². The Balaban J connectivity index is 2.12. The van der Waals surface area contributed by atoms with E-state index in [2.05, 4.69) is 10.1 Å². The summed E-state index contributed by atoms with van der Waals surface area (Å²) >= 11 is 6.01. The lowest BCUT2D eigenvalue weighted by atomic mass is 10.1. The van der Waals surface area contributed by atoms with Crippen LogP contribution in [0.25, 0.3) is 0 Å². The van der Waals surface area contributed by atoms with Crippen LogP contribution in [0.3, 0.4) is 0 Å². The van der Waals surface area contributed by atoms with Crippen LogP contribution in [0.4, 0.5) is 0 Å². The van der Waals surface area contributed by atoms with E-state index in [1.165, 1.54) is 0 Å². The number of rotatable bonds is 4. The van der Waals surface area contributed by atoms with Crippen LogP contribution in [-0.4, -0.2) is 22.7 Å². The number of esters is 1. The highest BCUT2D eigenvalue weighted by Crippen LogP contribution is 2.18. The van der Waals surface area contributed by atoms with Crippen molar-refractivity contribution in [2.24, 2.45) is 0 Å². The second-order valence-corrected chi connectivity index (χ2v) is 3.91. The number of aromatic nitrogens is 2. The van der Waals surface area contributed by atoms with Crippen molar-refractivity contribution in [2.75, 3.05) is 6.61 Å². The molecule has 6 heteroatoms. The lowest BCUT2D eigenvalue weighted by molar-refractivity contribution is 0.0508. The van der Waals surface area contributed by atoms with Crippen molar-refractivity contribution in [2.45, 2.75) is 13.3 Å². The molecule has 0 unspecified atom stereocenters. The van der Waals surface area contributed by atoms with E-state index in [9.17, 15) is 4.79 Å².